The van der Waals surface area contributed by atoms with Crippen LogP contribution >= 0.6 is 0 Å². The quantitative estimate of drug-likeness (QED) is 0.785. The molecule has 0 aromatic heterocycles. The average molecular weight is 416 g/mol. The molecule has 160 valence electrons. The van der Waals surface area contributed by atoms with Crippen LogP contribution in [-0.2, 0) is 16.1 Å². The first-order valence-corrected chi connectivity index (χ1v) is 9.92. The van der Waals surface area contributed by atoms with Crippen molar-refractivity contribution in [2.24, 2.45) is 0 Å². The van der Waals surface area contributed by atoms with Crippen molar-refractivity contribution >= 4 is 12.0 Å². The second-order valence-electron chi connectivity index (χ2n) is 8.41. The van der Waals surface area contributed by atoms with Crippen LogP contribution in [0.25, 0.3) is 0 Å². The van der Waals surface area contributed by atoms with E-state index in [4.69, 9.17) is 4.74 Å². The lowest BCUT2D eigenvalue weighted by molar-refractivity contribution is -0.138. The monoisotopic (exact) mass is 416 g/mol. The number of hydrogen-bond donors (Lipinski definition) is 1. The molecule has 1 heterocycles. The van der Waals surface area contributed by atoms with Crippen LogP contribution < -0.4 is 5.32 Å². The van der Waals surface area contributed by atoms with E-state index in [1.807, 2.05) is 30.3 Å². The Morgan fingerprint density at radius 2 is 1.87 bits per heavy atom. The number of alkyl carbamates (subject to hydrolysis) is 1. The maximum atomic E-state index is 14.7. The summed E-state index contributed by atoms with van der Waals surface area (Å²) in [6.07, 6.45) is -0.187. The minimum atomic E-state index is -0.866. The van der Waals surface area contributed by atoms with Gasteiger partial charge in [0.15, 0.2) is 0 Å². The molecule has 0 radical (unpaired) electrons. The highest BCUT2D eigenvalue weighted by atomic mass is 19.1. The fraction of sp³-hybridized carbons (Fsp3) is 0.391. The third-order valence-corrected chi connectivity index (χ3v) is 4.88. The lowest BCUT2D eigenvalue weighted by Crippen LogP contribution is -2.52. The number of ether oxygens (including phenoxy) is 1. The molecule has 0 saturated carbocycles. The summed E-state index contributed by atoms with van der Waals surface area (Å²) in [5, 5.41) is 2.76. The molecule has 30 heavy (non-hydrogen) atoms. The van der Waals surface area contributed by atoms with Crippen molar-refractivity contribution in [3.63, 3.8) is 0 Å². The number of carbonyl (C=O) groups excluding carboxylic acids is 2. The molecule has 0 spiro atoms. The van der Waals surface area contributed by atoms with Crippen LogP contribution in [0.2, 0.25) is 0 Å². The van der Waals surface area contributed by atoms with E-state index in [1.165, 1.54) is 4.90 Å². The van der Waals surface area contributed by atoms with Crippen LogP contribution in [0.5, 0.6) is 0 Å². The molecule has 2 aromatic carbocycles. The van der Waals surface area contributed by atoms with Gasteiger partial charge in [-0.05, 0) is 51.0 Å². The van der Waals surface area contributed by atoms with Crippen LogP contribution in [0.4, 0.5) is 13.6 Å². The fourth-order valence-electron chi connectivity index (χ4n) is 3.66. The van der Waals surface area contributed by atoms with E-state index in [9.17, 15) is 18.4 Å². The van der Waals surface area contributed by atoms with Crippen molar-refractivity contribution < 1.29 is 23.1 Å². The third-order valence-electron chi connectivity index (χ3n) is 4.88. The smallest absolute Gasteiger partial charge is 0.407 e. The first kappa shape index (κ1) is 21.7. The Kier molecular flexibility index (Phi) is 6.39. The Balaban J connectivity index is 1.97. The molecular weight excluding hydrogens is 390 g/mol. The number of nitrogens with one attached hydrogen (secondary N) is 1. The second kappa shape index (κ2) is 8.81. The van der Waals surface area contributed by atoms with Crippen molar-refractivity contribution in [2.75, 3.05) is 0 Å². The highest BCUT2D eigenvalue weighted by molar-refractivity contribution is 5.78. The number of hydrogen-bond acceptors (Lipinski definition) is 3. The first-order valence-electron chi connectivity index (χ1n) is 9.92. The summed E-state index contributed by atoms with van der Waals surface area (Å²) >= 11 is 0. The number of benzene rings is 2. The van der Waals surface area contributed by atoms with Gasteiger partial charge in [-0.3, -0.25) is 4.79 Å². The van der Waals surface area contributed by atoms with Crippen LogP contribution in [0.15, 0.2) is 48.5 Å². The maximum Gasteiger partial charge on any atom is 0.407 e. The van der Waals surface area contributed by atoms with Gasteiger partial charge in [0.1, 0.15) is 17.2 Å². The van der Waals surface area contributed by atoms with Crippen molar-refractivity contribution in [2.45, 2.75) is 57.8 Å². The van der Waals surface area contributed by atoms with Gasteiger partial charge >= 0.3 is 6.09 Å². The lowest BCUT2D eigenvalue weighted by atomic mass is 9.89. The Morgan fingerprint density at radius 1 is 1.17 bits per heavy atom. The van der Waals surface area contributed by atoms with Crippen LogP contribution in [0.3, 0.4) is 0 Å². The molecular formula is C23H26F2N2O3. The maximum absolute atomic E-state index is 14.7. The molecule has 0 aliphatic carbocycles. The summed E-state index contributed by atoms with van der Waals surface area (Å²) in [7, 11) is 0. The van der Waals surface area contributed by atoms with Gasteiger partial charge in [0.25, 0.3) is 0 Å². The molecule has 5 nitrogen and oxygen atoms in total. The lowest BCUT2D eigenvalue weighted by Gasteiger charge is -2.42. The summed E-state index contributed by atoms with van der Waals surface area (Å²) in [5.41, 5.74) is 0.170. The van der Waals surface area contributed by atoms with E-state index in [0.717, 1.165) is 23.8 Å². The molecule has 2 aromatic rings. The minimum absolute atomic E-state index is 0.0278. The van der Waals surface area contributed by atoms with E-state index in [1.54, 1.807) is 20.8 Å². The fourth-order valence-corrected chi connectivity index (χ4v) is 3.66. The summed E-state index contributed by atoms with van der Waals surface area (Å²) < 4.78 is 34.0. The van der Waals surface area contributed by atoms with E-state index in [2.05, 4.69) is 5.32 Å². The first-order chi connectivity index (χ1) is 14.1. The predicted molar refractivity (Wildman–Crippen MR) is 108 cm³/mol. The topological polar surface area (TPSA) is 58.6 Å². The second-order valence-corrected chi connectivity index (χ2v) is 8.41. The van der Waals surface area contributed by atoms with Crippen molar-refractivity contribution in [3.8, 4) is 0 Å². The van der Waals surface area contributed by atoms with Gasteiger partial charge in [-0.25, -0.2) is 13.6 Å². The molecule has 7 heteroatoms. The van der Waals surface area contributed by atoms with Crippen LogP contribution in [0.1, 0.15) is 50.8 Å². The Labute approximate surface area is 175 Å². The number of likely N-dealkylation sites (tertiary alicyclic amines) is 1. The van der Waals surface area contributed by atoms with Crippen molar-refractivity contribution in [3.05, 3.63) is 71.3 Å². The molecule has 1 fully saturated rings. The SMILES string of the molecule is CC(C)(C)OC(=O)N[C@H]1CCC(=O)N(Cc2ccccc2)[C@@H]1c1cc(F)ccc1F. The van der Waals surface area contributed by atoms with E-state index in [-0.39, 0.29) is 24.4 Å². The van der Waals surface area contributed by atoms with Gasteiger partial charge < -0.3 is 15.0 Å². The molecule has 0 bridgehead atoms. The third kappa shape index (κ3) is 5.34. The molecule has 1 N–H and O–H groups in total. The number of piperidine rings is 1. The normalized spacial score (nSPS) is 19.5. The van der Waals surface area contributed by atoms with Gasteiger partial charge in [-0.1, -0.05) is 30.3 Å². The summed E-state index contributed by atoms with van der Waals surface area (Å²) in [6, 6.07) is 10.9. The largest absolute Gasteiger partial charge is 0.444 e. The van der Waals surface area contributed by atoms with E-state index >= 15 is 0 Å². The predicted octanol–water partition coefficient (Wildman–Crippen LogP) is 4.72. The van der Waals surface area contributed by atoms with Crippen molar-refractivity contribution in [1.29, 1.82) is 0 Å². The Morgan fingerprint density at radius 3 is 2.53 bits per heavy atom. The zero-order valence-electron chi connectivity index (χ0n) is 17.3. The van der Waals surface area contributed by atoms with Crippen LogP contribution in [0, 0.1) is 11.6 Å². The standard InChI is InChI=1S/C23H26F2N2O3/c1-23(2,3)30-22(29)26-19-11-12-20(28)27(14-15-7-5-4-6-8-15)21(19)17-13-16(24)9-10-18(17)25/h4-10,13,19,21H,11-12,14H2,1-3H3,(H,26,29)/t19-,21+/m0/s1. The number of amides is 2. The van der Waals surface area contributed by atoms with Gasteiger partial charge in [0, 0.05) is 18.5 Å². The van der Waals surface area contributed by atoms with Gasteiger partial charge in [-0.2, -0.15) is 0 Å². The highest BCUT2D eigenvalue weighted by Gasteiger charge is 2.39. The Hall–Kier alpha value is -2.96. The summed E-state index contributed by atoms with van der Waals surface area (Å²) in [4.78, 5) is 26.7. The van der Waals surface area contributed by atoms with Gasteiger partial charge in [0.05, 0.1) is 12.1 Å². The van der Waals surface area contributed by atoms with Gasteiger partial charge in [0.2, 0.25) is 5.91 Å². The van der Waals surface area contributed by atoms with E-state index in [0.29, 0.717) is 6.42 Å². The average Bonchev–Trinajstić information content (AvgIpc) is 2.66. The van der Waals surface area contributed by atoms with Gasteiger partial charge in [-0.15, -0.1) is 0 Å². The molecule has 0 unspecified atom stereocenters. The summed E-state index contributed by atoms with van der Waals surface area (Å²) in [6.45, 7) is 5.43. The molecule has 1 aliphatic heterocycles. The van der Waals surface area contributed by atoms with Crippen molar-refractivity contribution in [1.82, 2.24) is 10.2 Å². The number of carbonyl (C=O) groups is 2. The zero-order valence-corrected chi connectivity index (χ0v) is 17.3. The molecule has 3 rings (SSSR count). The molecule has 2 atom stereocenters. The summed E-state index contributed by atoms with van der Waals surface area (Å²) in [5.74, 6) is -1.43. The molecule has 2 amide bonds. The van der Waals surface area contributed by atoms with Crippen LogP contribution in [-0.4, -0.2) is 28.5 Å². The number of halogens is 2. The minimum Gasteiger partial charge on any atom is -0.444 e. The Bertz CT molecular complexity index is 912. The number of nitrogens with zero attached hydrogens (tertiary/aromatic N) is 1. The molecule has 1 saturated heterocycles. The zero-order chi connectivity index (χ0) is 21.9. The molecule has 1 aliphatic rings. The number of rotatable bonds is 4. The highest BCUT2D eigenvalue weighted by Crippen LogP contribution is 2.35. The van der Waals surface area contributed by atoms with E-state index < -0.39 is 35.4 Å².